The molecule has 3 unspecified atom stereocenters. The zero-order chi connectivity index (χ0) is 21.0. The van der Waals surface area contributed by atoms with Crippen molar-refractivity contribution < 1.29 is 4.79 Å². The molecule has 1 heterocycles. The van der Waals surface area contributed by atoms with Gasteiger partial charge in [0.15, 0.2) is 11.5 Å². The van der Waals surface area contributed by atoms with E-state index in [0.29, 0.717) is 30.5 Å². The molecule has 1 aliphatic rings. The summed E-state index contributed by atoms with van der Waals surface area (Å²) in [6.07, 6.45) is 4.44. The maximum atomic E-state index is 12.7. The van der Waals surface area contributed by atoms with Crippen molar-refractivity contribution in [2.75, 3.05) is 0 Å². The number of nitrogens with zero attached hydrogens (tertiary/aromatic N) is 2. The third-order valence-corrected chi connectivity index (χ3v) is 5.80. The number of aromatic nitrogens is 3. The van der Waals surface area contributed by atoms with Crippen LogP contribution in [-0.2, 0) is 4.79 Å². The van der Waals surface area contributed by atoms with Crippen LogP contribution in [0.15, 0.2) is 35.1 Å². The first kappa shape index (κ1) is 21.2. The molecule has 1 aliphatic carbocycles. The van der Waals surface area contributed by atoms with Crippen LogP contribution in [-0.4, -0.2) is 21.1 Å². The highest BCUT2D eigenvalue weighted by Gasteiger charge is 2.33. The quantitative estimate of drug-likeness (QED) is 0.764. The van der Waals surface area contributed by atoms with Gasteiger partial charge in [0, 0.05) is 12.0 Å². The Bertz CT molecular complexity index is 891. The average molecular weight is 397 g/mol. The predicted octanol–water partition coefficient (Wildman–Crippen LogP) is 4.25. The molecule has 2 aromatic rings. The lowest BCUT2D eigenvalue weighted by atomic mass is 9.67. The maximum Gasteiger partial charge on any atom is 0.275 e. The van der Waals surface area contributed by atoms with E-state index in [2.05, 4.69) is 41.3 Å². The van der Waals surface area contributed by atoms with Crippen molar-refractivity contribution in [3.05, 3.63) is 46.4 Å². The second-order valence-electron chi connectivity index (χ2n) is 9.27. The van der Waals surface area contributed by atoms with Crippen LogP contribution in [0.2, 0.25) is 0 Å². The standard InChI is InChI=1S/C23H32N4O2/c1-5-18(24-19(28)12-16-11-15(2)13-23(3,4)14-16)20-22(29)25-21(27-26-20)17-9-7-6-8-10-17/h6-10,15-16,18H,5,11-14H2,1-4H3,(H,24,28)(H,25,27,29). The van der Waals surface area contributed by atoms with Gasteiger partial charge in [-0.3, -0.25) is 9.59 Å². The minimum atomic E-state index is -0.433. The molecule has 6 heteroatoms. The number of amides is 1. The van der Waals surface area contributed by atoms with E-state index in [4.69, 9.17) is 0 Å². The smallest absolute Gasteiger partial charge is 0.275 e. The number of aromatic amines is 1. The monoisotopic (exact) mass is 396 g/mol. The fraction of sp³-hybridized carbons (Fsp3) is 0.565. The van der Waals surface area contributed by atoms with Crippen molar-refractivity contribution in [2.24, 2.45) is 17.3 Å². The van der Waals surface area contributed by atoms with E-state index in [1.807, 2.05) is 37.3 Å². The summed E-state index contributed by atoms with van der Waals surface area (Å²) in [7, 11) is 0. The molecule has 3 rings (SSSR count). The van der Waals surface area contributed by atoms with Crippen LogP contribution in [0.3, 0.4) is 0 Å². The van der Waals surface area contributed by atoms with Gasteiger partial charge in [0.2, 0.25) is 5.91 Å². The van der Waals surface area contributed by atoms with Crippen molar-refractivity contribution in [3.8, 4) is 11.4 Å². The van der Waals surface area contributed by atoms with Crippen LogP contribution in [0.1, 0.15) is 71.5 Å². The minimum Gasteiger partial charge on any atom is -0.347 e. The van der Waals surface area contributed by atoms with Gasteiger partial charge in [-0.1, -0.05) is 58.0 Å². The molecular weight excluding hydrogens is 364 g/mol. The van der Waals surface area contributed by atoms with Gasteiger partial charge in [0.05, 0.1) is 6.04 Å². The zero-order valence-corrected chi connectivity index (χ0v) is 17.9. The van der Waals surface area contributed by atoms with E-state index in [9.17, 15) is 9.59 Å². The predicted molar refractivity (Wildman–Crippen MR) is 114 cm³/mol. The molecule has 1 fully saturated rings. The summed E-state index contributed by atoms with van der Waals surface area (Å²) in [5.74, 6) is 1.44. The molecule has 0 spiro atoms. The molecule has 156 valence electrons. The van der Waals surface area contributed by atoms with Crippen LogP contribution in [0, 0.1) is 17.3 Å². The fourth-order valence-electron chi connectivity index (χ4n) is 4.88. The second-order valence-corrected chi connectivity index (χ2v) is 9.27. The van der Waals surface area contributed by atoms with Crippen molar-refractivity contribution in [1.82, 2.24) is 20.5 Å². The number of carbonyl (C=O) groups is 1. The Labute approximate surface area is 172 Å². The van der Waals surface area contributed by atoms with E-state index in [1.54, 1.807) is 0 Å². The van der Waals surface area contributed by atoms with Gasteiger partial charge in [0.1, 0.15) is 0 Å². The largest absolute Gasteiger partial charge is 0.347 e. The Morgan fingerprint density at radius 2 is 1.97 bits per heavy atom. The topological polar surface area (TPSA) is 87.7 Å². The first-order valence-corrected chi connectivity index (χ1v) is 10.6. The van der Waals surface area contributed by atoms with E-state index in [-0.39, 0.29) is 22.6 Å². The van der Waals surface area contributed by atoms with Gasteiger partial charge in [0.25, 0.3) is 5.56 Å². The lowest BCUT2D eigenvalue weighted by molar-refractivity contribution is -0.123. The molecule has 0 radical (unpaired) electrons. The molecule has 1 saturated carbocycles. The van der Waals surface area contributed by atoms with Gasteiger partial charge in [-0.2, -0.15) is 0 Å². The van der Waals surface area contributed by atoms with E-state index in [1.165, 1.54) is 6.42 Å². The molecular formula is C23H32N4O2. The third kappa shape index (κ3) is 5.52. The van der Waals surface area contributed by atoms with Crippen LogP contribution in [0.4, 0.5) is 0 Å². The summed E-state index contributed by atoms with van der Waals surface area (Å²) in [6.45, 7) is 8.77. The number of hydrogen-bond donors (Lipinski definition) is 2. The number of H-pyrrole nitrogens is 1. The van der Waals surface area contributed by atoms with Gasteiger partial charge >= 0.3 is 0 Å². The number of hydrogen-bond acceptors (Lipinski definition) is 4. The summed E-state index contributed by atoms with van der Waals surface area (Å²) in [5, 5.41) is 11.3. The number of nitrogens with one attached hydrogen (secondary N) is 2. The molecule has 1 aromatic carbocycles. The lowest BCUT2D eigenvalue weighted by Crippen LogP contribution is -2.36. The van der Waals surface area contributed by atoms with Crippen LogP contribution in [0.5, 0.6) is 0 Å². The average Bonchev–Trinajstić information content (AvgIpc) is 2.65. The minimum absolute atomic E-state index is 0.0138. The van der Waals surface area contributed by atoms with Gasteiger partial charge in [-0.05, 0) is 42.9 Å². The normalized spacial score (nSPS) is 22.1. The SMILES string of the molecule is CCC(NC(=O)CC1CC(C)CC(C)(C)C1)c1nnc(-c2ccccc2)[nH]c1=O. The van der Waals surface area contributed by atoms with Gasteiger partial charge in [-0.25, -0.2) is 0 Å². The lowest BCUT2D eigenvalue weighted by Gasteiger charge is -2.39. The van der Waals surface area contributed by atoms with Gasteiger partial charge in [-0.15, -0.1) is 10.2 Å². The van der Waals surface area contributed by atoms with Crippen LogP contribution in [0.25, 0.3) is 11.4 Å². The molecule has 1 amide bonds. The number of benzene rings is 1. The summed E-state index contributed by atoms with van der Waals surface area (Å²) in [6, 6.07) is 8.96. The Balaban J connectivity index is 1.68. The molecule has 0 saturated heterocycles. The molecule has 3 atom stereocenters. The van der Waals surface area contributed by atoms with Crippen molar-refractivity contribution in [1.29, 1.82) is 0 Å². The summed E-state index contributed by atoms with van der Waals surface area (Å²) in [4.78, 5) is 28.1. The van der Waals surface area contributed by atoms with Crippen molar-refractivity contribution in [2.45, 2.75) is 65.8 Å². The highest BCUT2D eigenvalue weighted by Crippen LogP contribution is 2.42. The Hall–Kier alpha value is -2.50. The summed E-state index contributed by atoms with van der Waals surface area (Å²) >= 11 is 0. The zero-order valence-electron chi connectivity index (χ0n) is 17.9. The summed E-state index contributed by atoms with van der Waals surface area (Å²) in [5.41, 5.74) is 1.04. The highest BCUT2D eigenvalue weighted by atomic mass is 16.2. The number of rotatable bonds is 6. The molecule has 1 aromatic heterocycles. The number of carbonyl (C=O) groups excluding carboxylic acids is 1. The molecule has 6 nitrogen and oxygen atoms in total. The summed E-state index contributed by atoms with van der Waals surface area (Å²) < 4.78 is 0. The Kier molecular flexibility index (Phi) is 6.50. The van der Waals surface area contributed by atoms with E-state index >= 15 is 0 Å². The fourth-order valence-corrected chi connectivity index (χ4v) is 4.88. The van der Waals surface area contributed by atoms with Crippen molar-refractivity contribution in [3.63, 3.8) is 0 Å². The Morgan fingerprint density at radius 3 is 2.59 bits per heavy atom. The maximum absolute atomic E-state index is 12.7. The van der Waals surface area contributed by atoms with E-state index in [0.717, 1.165) is 18.4 Å². The highest BCUT2D eigenvalue weighted by molar-refractivity contribution is 5.76. The molecule has 29 heavy (non-hydrogen) atoms. The molecule has 2 N–H and O–H groups in total. The van der Waals surface area contributed by atoms with E-state index < -0.39 is 6.04 Å². The van der Waals surface area contributed by atoms with Crippen molar-refractivity contribution >= 4 is 5.91 Å². The van der Waals surface area contributed by atoms with Crippen LogP contribution < -0.4 is 10.9 Å². The molecule has 0 bridgehead atoms. The third-order valence-electron chi connectivity index (χ3n) is 5.80. The van der Waals surface area contributed by atoms with Gasteiger partial charge < -0.3 is 10.3 Å². The first-order chi connectivity index (χ1) is 13.8. The Morgan fingerprint density at radius 1 is 1.24 bits per heavy atom. The van der Waals surface area contributed by atoms with Crippen LogP contribution >= 0.6 is 0 Å². The molecule has 0 aliphatic heterocycles. The first-order valence-electron chi connectivity index (χ1n) is 10.6. The second kappa shape index (κ2) is 8.89.